The fourth-order valence-electron chi connectivity index (χ4n) is 3.74. The quantitative estimate of drug-likeness (QED) is 0.307. The van der Waals surface area contributed by atoms with E-state index in [9.17, 15) is 9.59 Å². The number of carbonyl (C=O) groups is 2. The standard InChI is InChI=1S/C20H35NO6/c22-19(17-11-5-3-6-12-17)25-24-16-10-2-1-9-15-21-27-26-20(23)18-13-7-4-8-14-18/h17-18,21H,1-16H2. The average Bonchev–Trinajstić information content (AvgIpc) is 2.73. The second-order valence-electron chi connectivity index (χ2n) is 7.69. The number of hydrogen-bond donors (Lipinski definition) is 1. The lowest BCUT2D eigenvalue weighted by Crippen LogP contribution is -2.25. The van der Waals surface area contributed by atoms with Crippen LogP contribution >= 0.6 is 0 Å². The smallest absolute Gasteiger partial charge is 0.298 e. The Labute approximate surface area is 162 Å². The maximum Gasteiger partial charge on any atom is 0.347 e. The van der Waals surface area contributed by atoms with Crippen molar-refractivity contribution < 1.29 is 29.2 Å². The van der Waals surface area contributed by atoms with Crippen LogP contribution in [0.25, 0.3) is 0 Å². The minimum Gasteiger partial charge on any atom is -0.298 e. The largest absolute Gasteiger partial charge is 0.347 e. The Kier molecular flexibility index (Phi) is 11.4. The molecule has 2 fully saturated rings. The molecule has 0 bridgehead atoms. The molecule has 27 heavy (non-hydrogen) atoms. The Morgan fingerprint density at radius 2 is 1.26 bits per heavy atom. The second-order valence-corrected chi connectivity index (χ2v) is 7.69. The van der Waals surface area contributed by atoms with E-state index in [-0.39, 0.29) is 23.8 Å². The van der Waals surface area contributed by atoms with E-state index in [0.29, 0.717) is 13.2 Å². The van der Waals surface area contributed by atoms with Crippen molar-refractivity contribution in [3.8, 4) is 0 Å². The third-order valence-corrected chi connectivity index (χ3v) is 5.46. The van der Waals surface area contributed by atoms with Crippen molar-refractivity contribution in [2.45, 2.75) is 89.9 Å². The van der Waals surface area contributed by atoms with Crippen LogP contribution in [0, 0.1) is 11.8 Å². The highest BCUT2D eigenvalue weighted by atomic mass is 17.3. The molecule has 2 saturated carbocycles. The minimum absolute atomic E-state index is 0.00670. The van der Waals surface area contributed by atoms with Crippen LogP contribution in [0.3, 0.4) is 0 Å². The molecule has 2 rings (SSSR count). The summed E-state index contributed by atoms with van der Waals surface area (Å²) in [4.78, 5) is 43.0. The molecular weight excluding hydrogens is 350 g/mol. The lowest BCUT2D eigenvalue weighted by molar-refractivity contribution is -0.312. The van der Waals surface area contributed by atoms with Crippen molar-refractivity contribution in [3.63, 3.8) is 0 Å². The molecule has 0 heterocycles. The molecule has 156 valence electrons. The van der Waals surface area contributed by atoms with Gasteiger partial charge in [0, 0.05) is 6.54 Å². The maximum atomic E-state index is 11.8. The minimum atomic E-state index is -0.262. The molecule has 2 aliphatic carbocycles. The van der Waals surface area contributed by atoms with Gasteiger partial charge in [-0.15, -0.1) is 0 Å². The summed E-state index contributed by atoms with van der Waals surface area (Å²) in [5.74, 6) is -0.453. The first-order chi connectivity index (χ1) is 13.3. The van der Waals surface area contributed by atoms with E-state index in [1.165, 1.54) is 12.8 Å². The van der Waals surface area contributed by atoms with Gasteiger partial charge < -0.3 is 0 Å². The van der Waals surface area contributed by atoms with Crippen LogP contribution in [-0.2, 0) is 29.2 Å². The van der Waals surface area contributed by atoms with Gasteiger partial charge in [-0.2, -0.15) is 10.4 Å². The topological polar surface area (TPSA) is 83.1 Å². The zero-order valence-corrected chi connectivity index (χ0v) is 16.4. The number of rotatable bonds is 12. The predicted molar refractivity (Wildman–Crippen MR) is 98.8 cm³/mol. The van der Waals surface area contributed by atoms with E-state index in [1.54, 1.807) is 0 Å². The van der Waals surface area contributed by atoms with Crippen LogP contribution in [0.5, 0.6) is 0 Å². The van der Waals surface area contributed by atoms with Crippen molar-refractivity contribution in [2.24, 2.45) is 11.8 Å². The van der Waals surface area contributed by atoms with Crippen molar-refractivity contribution in [2.75, 3.05) is 13.2 Å². The van der Waals surface area contributed by atoms with Gasteiger partial charge in [0.2, 0.25) is 0 Å². The first-order valence-electron chi connectivity index (χ1n) is 10.7. The summed E-state index contributed by atoms with van der Waals surface area (Å²) < 4.78 is 0. The Bertz CT molecular complexity index is 381. The van der Waals surface area contributed by atoms with Crippen molar-refractivity contribution in [1.82, 2.24) is 5.48 Å². The molecular formula is C20H35NO6. The highest BCUT2D eigenvalue weighted by Crippen LogP contribution is 2.25. The van der Waals surface area contributed by atoms with Gasteiger partial charge >= 0.3 is 11.9 Å². The van der Waals surface area contributed by atoms with Gasteiger partial charge in [-0.05, 0) is 38.5 Å². The van der Waals surface area contributed by atoms with Gasteiger partial charge in [-0.3, -0.25) is 9.78 Å². The zero-order valence-electron chi connectivity index (χ0n) is 16.4. The zero-order chi connectivity index (χ0) is 19.2. The van der Waals surface area contributed by atoms with Crippen LogP contribution in [0.4, 0.5) is 0 Å². The molecule has 7 nitrogen and oxygen atoms in total. The molecule has 1 N–H and O–H groups in total. The highest BCUT2D eigenvalue weighted by Gasteiger charge is 2.24. The maximum absolute atomic E-state index is 11.8. The van der Waals surface area contributed by atoms with Crippen molar-refractivity contribution in [1.29, 1.82) is 0 Å². The molecule has 0 unspecified atom stereocenters. The Balaban J connectivity index is 1.32. The molecule has 0 saturated heterocycles. The van der Waals surface area contributed by atoms with E-state index >= 15 is 0 Å². The summed E-state index contributed by atoms with van der Waals surface area (Å²) in [6.07, 6.45) is 14.2. The SMILES string of the molecule is O=C(OOCCCCCCNOOC(=O)C1CCCCC1)C1CCCCC1. The fourth-order valence-corrected chi connectivity index (χ4v) is 3.74. The molecule has 0 spiro atoms. The van der Waals surface area contributed by atoms with Crippen molar-refractivity contribution in [3.05, 3.63) is 0 Å². The fraction of sp³-hybridized carbons (Fsp3) is 0.900. The van der Waals surface area contributed by atoms with Gasteiger partial charge in [0.25, 0.3) is 0 Å². The van der Waals surface area contributed by atoms with E-state index in [0.717, 1.165) is 77.0 Å². The van der Waals surface area contributed by atoms with E-state index < -0.39 is 0 Å². The van der Waals surface area contributed by atoms with Crippen LogP contribution in [-0.4, -0.2) is 25.1 Å². The van der Waals surface area contributed by atoms with Gasteiger partial charge in [-0.1, -0.05) is 56.4 Å². The number of unbranched alkanes of at least 4 members (excludes halogenated alkanes) is 3. The molecule has 2 aliphatic rings. The third-order valence-electron chi connectivity index (χ3n) is 5.46. The third kappa shape index (κ3) is 9.53. The van der Waals surface area contributed by atoms with E-state index in [1.807, 2.05) is 0 Å². The molecule has 0 amide bonds. The van der Waals surface area contributed by atoms with E-state index in [4.69, 9.17) is 19.7 Å². The lowest BCUT2D eigenvalue weighted by Gasteiger charge is -2.18. The average molecular weight is 386 g/mol. The summed E-state index contributed by atoms with van der Waals surface area (Å²) in [5.41, 5.74) is 2.67. The molecule has 0 aromatic heterocycles. The normalized spacial score (nSPS) is 19.0. The Morgan fingerprint density at radius 1 is 0.704 bits per heavy atom. The first-order valence-corrected chi connectivity index (χ1v) is 10.7. The van der Waals surface area contributed by atoms with Gasteiger partial charge in [0.15, 0.2) is 0 Å². The summed E-state index contributed by atoms with van der Waals surface area (Å²) >= 11 is 0. The molecule has 7 heteroatoms. The number of hydrogen-bond acceptors (Lipinski definition) is 7. The van der Waals surface area contributed by atoms with Crippen LogP contribution in [0.15, 0.2) is 0 Å². The monoisotopic (exact) mass is 385 g/mol. The van der Waals surface area contributed by atoms with Crippen LogP contribution in [0.2, 0.25) is 0 Å². The van der Waals surface area contributed by atoms with Gasteiger partial charge in [0.05, 0.1) is 18.4 Å². The number of hydroxylamine groups is 1. The van der Waals surface area contributed by atoms with E-state index in [2.05, 4.69) is 5.48 Å². The summed E-state index contributed by atoms with van der Waals surface area (Å²) in [5, 5.41) is 0. The van der Waals surface area contributed by atoms with Gasteiger partial charge in [-0.25, -0.2) is 9.59 Å². The highest BCUT2D eigenvalue weighted by molar-refractivity contribution is 5.72. The number of nitrogens with one attached hydrogen (secondary N) is 1. The Hall–Kier alpha value is -1.18. The summed E-state index contributed by atoms with van der Waals surface area (Å²) in [6, 6.07) is 0. The molecule has 0 radical (unpaired) electrons. The predicted octanol–water partition coefficient (Wildman–Crippen LogP) is 4.16. The lowest BCUT2D eigenvalue weighted by atomic mass is 9.89. The molecule has 0 atom stereocenters. The van der Waals surface area contributed by atoms with Gasteiger partial charge in [0.1, 0.15) is 0 Å². The molecule has 0 aromatic carbocycles. The van der Waals surface area contributed by atoms with Crippen molar-refractivity contribution >= 4 is 11.9 Å². The van der Waals surface area contributed by atoms with Crippen LogP contribution < -0.4 is 5.48 Å². The number of carbonyl (C=O) groups excluding carboxylic acids is 2. The molecule has 0 aromatic rings. The molecule has 0 aliphatic heterocycles. The second kappa shape index (κ2) is 13.9. The first kappa shape index (κ1) is 22.1. The Morgan fingerprint density at radius 3 is 1.89 bits per heavy atom. The summed E-state index contributed by atoms with van der Waals surface area (Å²) in [7, 11) is 0. The summed E-state index contributed by atoms with van der Waals surface area (Å²) in [6.45, 7) is 1.05. The van der Waals surface area contributed by atoms with Crippen LogP contribution in [0.1, 0.15) is 89.9 Å².